The molecule has 234 valence electrons. The molecule has 2 aliphatic heterocycles. The molecule has 0 spiro atoms. The largest absolute Gasteiger partial charge is 0.310 e. The third kappa shape index (κ3) is 3.09. The highest BCUT2D eigenvalue weighted by Crippen LogP contribution is 2.46. The smallest absolute Gasteiger partial charge is 0.252 e. The molecule has 0 unspecified atom stereocenters. The first-order valence-corrected chi connectivity index (χ1v) is 17.9. The summed E-state index contributed by atoms with van der Waals surface area (Å²) in [5.41, 5.74) is 14.8. The Bertz CT molecular complexity index is 3200. The van der Waals surface area contributed by atoms with Gasteiger partial charge in [-0.05, 0) is 85.5 Å². The zero-order valence-corrected chi connectivity index (χ0v) is 28.6. The summed E-state index contributed by atoms with van der Waals surface area (Å²) >= 11 is 0. The highest BCUT2D eigenvalue weighted by atomic mass is 15.0. The van der Waals surface area contributed by atoms with Gasteiger partial charge < -0.3 is 9.13 Å². The Labute approximate surface area is 290 Å². The standard InChI is InChI=1S/C47H33BN2/c1-26-19-21-31-34(23-26)35-24-27(47(2,3)4)20-22-28(35)36-25-41-43-46(42(31)36)50-40-18-8-6-12-30(40)33-14-10-16-38(45(33)50)48(43)37-15-9-13-32-29-11-5-7-17-39(29)49(41)44(32)37/h5-25H,1-4H3. The van der Waals surface area contributed by atoms with Crippen LogP contribution in [0.1, 0.15) is 31.9 Å². The number of hydrogen-bond donors (Lipinski definition) is 0. The van der Waals surface area contributed by atoms with Crippen LogP contribution < -0.4 is 16.4 Å². The molecule has 0 N–H and O–H groups in total. The van der Waals surface area contributed by atoms with Crippen LogP contribution in [0.2, 0.25) is 0 Å². The summed E-state index contributed by atoms with van der Waals surface area (Å²) in [5, 5.41) is 13.3. The number of fused-ring (bicyclic) bond motifs is 17. The maximum absolute atomic E-state index is 2.64. The summed E-state index contributed by atoms with van der Waals surface area (Å²) in [6, 6.07) is 49.0. The first-order valence-electron chi connectivity index (χ1n) is 17.9. The lowest BCUT2D eigenvalue weighted by molar-refractivity contribution is 0.591. The van der Waals surface area contributed by atoms with Crippen LogP contribution in [0.25, 0.3) is 87.3 Å². The molecule has 0 aliphatic carbocycles. The monoisotopic (exact) mass is 636 g/mol. The molecule has 0 atom stereocenters. The van der Waals surface area contributed by atoms with Gasteiger partial charge in [0.05, 0.1) is 16.7 Å². The van der Waals surface area contributed by atoms with Crippen molar-refractivity contribution in [3.8, 4) is 11.4 Å². The summed E-state index contributed by atoms with van der Waals surface area (Å²) in [7, 11) is 0. The van der Waals surface area contributed by atoms with E-state index in [0.29, 0.717) is 0 Å². The number of rotatable bonds is 0. The van der Waals surface area contributed by atoms with Crippen LogP contribution in [-0.2, 0) is 5.41 Å². The average Bonchev–Trinajstić information content (AvgIpc) is 3.65. The summed E-state index contributed by atoms with van der Waals surface area (Å²) in [6.45, 7) is 9.31. The molecular weight excluding hydrogens is 603 g/mol. The number of hydrogen-bond acceptors (Lipinski definition) is 0. The third-order valence-electron chi connectivity index (χ3n) is 12.1. The van der Waals surface area contributed by atoms with Crippen molar-refractivity contribution in [3.63, 3.8) is 0 Å². The maximum Gasteiger partial charge on any atom is 0.252 e. The van der Waals surface area contributed by atoms with Crippen molar-refractivity contribution in [1.82, 2.24) is 9.13 Å². The SMILES string of the molecule is Cc1ccc2c(c1)c1cc(C(C)(C)C)ccc1c1cc3c4c(c21)-n1c2ccccc2c2cccc(c21)B4c1cccc2c4ccccc4n-3c12. The van der Waals surface area contributed by atoms with E-state index in [9.17, 15) is 0 Å². The molecule has 2 nitrogen and oxygen atoms in total. The summed E-state index contributed by atoms with van der Waals surface area (Å²) < 4.78 is 5.24. The van der Waals surface area contributed by atoms with Crippen molar-refractivity contribution in [2.75, 3.05) is 0 Å². The van der Waals surface area contributed by atoms with E-state index in [2.05, 4.69) is 164 Å². The number of benzene rings is 8. The molecule has 12 rings (SSSR count). The van der Waals surface area contributed by atoms with Crippen molar-refractivity contribution < 1.29 is 0 Å². The van der Waals surface area contributed by atoms with Gasteiger partial charge in [-0.3, -0.25) is 0 Å². The first-order chi connectivity index (χ1) is 24.4. The molecule has 0 fully saturated rings. The van der Waals surface area contributed by atoms with Gasteiger partial charge in [-0.2, -0.15) is 0 Å². The second kappa shape index (κ2) is 8.86. The molecule has 3 heteroatoms. The van der Waals surface area contributed by atoms with E-state index in [1.807, 2.05) is 0 Å². The number of aromatic nitrogens is 2. The number of aryl methyl sites for hydroxylation is 1. The van der Waals surface area contributed by atoms with E-state index in [1.165, 1.54) is 115 Å². The van der Waals surface area contributed by atoms with Gasteiger partial charge in [-0.15, -0.1) is 0 Å². The van der Waals surface area contributed by atoms with E-state index in [4.69, 9.17) is 0 Å². The molecule has 0 saturated carbocycles. The van der Waals surface area contributed by atoms with E-state index < -0.39 is 0 Å². The fourth-order valence-electron chi connectivity index (χ4n) is 9.94. The van der Waals surface area contributed by atoms with Crippen molar-refractivity contribution in [1.29, 1.82) is 0 Å². The van der Waals surface area contributed by atoms with Crippen LogP contribution in [0.3, 0.4) is 0 Å². The minimum Gasteiger partial charge on any atom is -0.310 e. The molecule has 2 aromatic heterocycles. The van der Waals surface area contributed by atoms with Crippen molar-refractivity contribution in [2.45, 2.75) is 33.1 Å². The lowest BCUT2D eigenvalue weighted by Crippen LogP contribution is -2.59. The van der Waals surface area contributed by atoms with Crippen LogP contribution in [-0.4, -0.2) is 15.8 Å². The average molecular weight is 637 g/mol. The fraction of sp³-hybridized carbons (Fsp3) is 0.106. The minimum absolute atomic E-state index is 0.0487. The molecule has 10 aromatic rings. The highest BCUT2D eigenvalue weighted by Gasteiger charge is 2.42. The van der Waals surface area contributed by atoms with Gasteiger partial charge in [-0.1, -0.05) is 129 Å². The minimum atomic E-state index is 0.0487. The molecule has 4 heterocycles. The topological polar surface area (TPSA) is 9.86 Å². The van der Waals surface area contributed by atoms with Crippen LogP contribution in [0.15, 0.2) is 127 Å². The summed E-state index contributed by atoms with van der Waals surface area (Å²) in [5.74, 6) is 0. The Morgan fingerprint density at radius 1 is 0.480 bits per heavy atom. The molecule has 2 aliphatic rings. The van der Waals surface area contributed by atoms with Gasteiger partial charge >= 0.3 is 0 Å². The third-order valence-corrected chi connectivity index (χ3v) is 12.1. The van der Waals surface area contributed by atoms with E-state index in [0.717, 1.165) is 0 Å². The molecule has 0 radical (unpaired) electrons. The number of para-hydroxylation sites is 4. The lowest BCUT2D eigenvalue weighted by atomic mass is 9.34. The number of nitrogens with zero attached hydrogens (tertiary/aromatic N) is 2. The van der Waals surface area contributed by atoms with Crippen LogP contribution in [0, 0.1) is 6.92 Å². The van der Waals surface area contributed by atoms with Crippen molar-refractivity contribution in [3.05, 3.63) is 139 Å². The Morgan fingerprint density at radius 2 is 1.08 bits per heavy atom. The maximum atomic E-state index is 2.64. The van der Waals surface area contributed by atoms with Gasteiger partial charge in [0.1, 0.15) is 0 Å². The molecule has 50 heavy (non-hydrogen) atoms. The van der Waals surface area contributed by atoms with Crippen LogP contribution in [0.4, 0.5) is 0 Å². The van der Waals surface area contributed by atoms with Crippen LogP contribution >= 0.6 is 0 Å². The van der Waals surface area contributed by atoms with Gasteiger partial charge in [-0.25, -0.2) is 0 Å². The van der Waals surface area contributed by atoms with Crippen LogP contribution in [0.5, 0.6) is 0 Å². The molecule has 0 amide bonds. The Morgan fingerprint density at radius 3 is 1.78 bits per heavy atom. The second-order valence-electron chi connectivity index (χ2n) is 15.8. The van der Waals surface area contributed by atoms with Crippen molar-refractivity contribution >= 4 is 99.0 Å². The van der Waals surface area contributed by atoms with E-state index in [-0.39, 0.29) is 12.1 Å². The summed E-state index contributed by atoms with van der Waals surface area (Å²) in [6.07, 6.45) is 0. The van der Waals surface area contributed by atoms with Gasteiger partial charge in [0.15, 0.2) is 0 Å². The fourth-order valence-corrected chi connectivity index (χ4v) is 9.94. The zero-order chi connectivity index (χ0) is 33.2. The normalized spacial score (nSPS) is 13.6. The molecular formula is C47H33BN2. The Kier molecular flexibility index (Phi) is 4.80. The van der Waals surface area contributed by atoms with Gasteiger partial charge in [0.2, 0.25) is 0 Å². The molecule has 8 aromatic carbocycles. The molecule has 0 bridgehead atoms. The first kappa shape index (κ1) is 27.1. The van der Waals surface area contributed by atoms with Gasteiger partial charge in [0.25, 0.3) is 6.71 Å². The van der Waals surface area contributed by atoms with Gasteiger partial charge in [0, 0.05) is 43.7 Å². The summed E-state index contributed by atoms with van der Waals surface area (Å²) in [4.78, 5) is 0. The molecule has 0 saturated heterocycles. The lowest BCUT2D eigenvalue weighted by Gasteiger charge is -2.35. The zero-order valence-electron chi connectivity index (χ0n) is 28.6. The predicted molar refractivity (Wildman–Crippen MR) is 216 cm³/mol. The quantitative estimate of drug-likeness (QED) is 0.116. The predicted octanol–water partition coefficient (Wildman–Crippen LogP) is 10.1. The highest BCUT2D eigenvalue weighted by molar-refractivity contribution is 7.00. The Hall–Kier alpha value is -5.80. The Balaban J connectivity index is 1.42. The van der Waals surface area contributed by atoms with E-state index >= 15 is 0 Å². The van der Waals surface area contributed by atoms with E-state index in [1.54, 1.807) is 0 Å². The van der Waals surface area contributed by atoms with Crippen molar-refractivity contribution in [2.24, 2.45) is 0 Å². The second-order valence-corrected chi connectivity index (χ2v) is 15.8.